The number of amides is 2. The number of nitrogens with one attached hydrogen (secondary N) is 2. The van der Waals surface area contributed by atoms with E-state index in [0.717, 1.165) is 16.7 Å². The highest BCUT2D eigenvalue weighted by molar-refractivity contribution is 5.97. The summed E-state index contributed by atoms with van der Waals surface area (Å²) < 4.78 is 0. The van der Waals surface area contributed by atoms with Crippen LogP contribution in [-0.2, 0) is 11.2 Å². The van der Waals surface area contributed by atoms with E-state index >= 15 is 0 Å². The minimum Gasteiger partial charge on any atom is -0.479 e. The Labute approximate surface area is 207 Å². The zero-order valence-corrected chi connectivity index (χ0v) is 19.5. The molecule has 0 aliphatic carbocycles. The van der Waals surface area contributed by atoms with E-state index < -0.39 is 30.1 Å². The van der Waals surface area contributed by atoms with Gasteiger partial charge in [-0.25, -0.2) is 4.79 Å². The SMILES string of the molecule is O=C(NC(Cc1ccc(-c2ccccc2)cc1)C[C@@H](O)C(=O)O)c1cc(C(=O)N2CCC(O)C2)[nH]n1. The average Bonchev–Trinajstić information content (AvgIpc) is 3.54. The first kappa shape index (κ1) is 25.1. The minimum atomic E-state index is -1.66. The van der Waals surface area contributed by atoms with Crippen LogP contribution in [0.2, 0.25) is 0 Å². The number of aromatic amines is 1. The number of rotatable bonds is 9. The Morgan fingerprint density at radius 1 is 1.08 bits per heavy atom. The molecule has 1 aromatic heterocycles. The van der Waals surface area contributed by atoms with Crippen molar-refractivity contribution in [2.24, 2.45) is 0 Å². The fourth-order valence-electron chi connectivity index (χ4n) is 4.22. The second-order valence-corrected chi connectivity index (χ2v) is 8.89. The van der Waals surface area contributed by atoms with Gasteiger partial charge in [-0.1, -0.05) is 54.6 Å². The van der Waals surface area contributed by atoms with Crippen molar-refractivity contribution in [3.63, 3.8) is 0 Å². The molecule has 3 atom stereocenters. The van der Waals surface area contributed by atoms with Crippen LogP contribution in [0.3, 0.4) is 0 Å². The number of aliphatic carboxylic acids is 1. The second-order valence-electron chi connectivity index (χ2n) is 8.89. The first-order valence-corrected chi connectivity index (χ1v) is 11.7. The van der Waals surface area contributed by atoms with Gasteiger partial charge in [-0.05, 0) is 29.5 Å². The maximum Gasteiger partial charge on any atom is 0.332 e. The summed E-state index contributed by atoms with van der Waals surface area (Å²) >= 11 is 0. The van der Waals surface area contributed by atoms with Gasteiger partial charge in [-0.2, -0.15) is 5.10 Å². The fourth-order valence-corrected chi connectivity index (χ4v) is 4.22. The first-order chi connectivity index (χ1) is 17.3. The quantitative estimate of drug-likeness (QED) is 0.303. The van der Waals surface area contributed by atoms with E-state index in [4.69, 9.17) is 5.11 Å². The lowest BCUT2D eigenvalue weighted by Crippen LogP contribution is -2.40. The number of hydrogen-bond acceptors (Lipinski definition) is 6. The topological polar surface area (TPSA) is 156 Å². The Morgan fingerprint density at radius 3 is 2.42 bits per heavy atom. The molecule has 0 radical (unpaired) electrons. The van der Waals surface area contributed by atoms with Crippen molar-refractivity contribution < 1.29 is 29.7 Å². The summed E-state index contributed by atoms with van der Waals surface area (Å²) in [6.45, 7) is 0.635. The van der Waals surface area contributed by atoms with Crippen molar-refractivity contribution in [2.45, 2.75) is 37.5 Å². The number of carboxylic acid groups (broad SMARTS) is 1. The van der Waals surface area contributed by atoms with E-state index in [-0.39, 0.29) is 36.7 Å². The van der Waals surface area contributed by atoms with E-state index in [1.165, 1.54) is 11.0 Å². The Bertz CT molecular complexity index is 1210. The number of aromatic nitrogens is 2. The molecule has 1 saturated heterocycles. The van der Waals surface area contributed by atoms with Gasteiger partial charge in [-0.3, -0.25) is 14.7 Å². The van der Waals surface area contributed by atoms with Crippen LogP contribution >= 0.6 is 0 Å². The van der Waals surface area contributed by atoms with Crippen molar-refractivity contribution in [1.29, 1.82) is 0 Å². The predicted octanol–water partition coefficient (Wildman–Crippen LogP) is 1.46. The molecule has 0 saturated carbocycles. The molecule has 2 amide bonds. The molecule has 3 aromatic rings. The summed E-state index contributed by atoms with van der Waals surface area (Å²) in [5, 5.41) is 37.9. The van der Waals surface area contributed by atoms with Gasteiger partial charge >= 0.3 is 5.97 Å². The summed E-state index contributed by atoms with van der Waals surface area (Å²) in [4.78, 5) is 38.1. The number of nitrogens with zero attached hydrogens (tertiary/aromatic N) is 2. The third-order valence-corrected chi connectivity index (χ3v) is 6.16. The van der Waals surface area contributed by atoms with Crippen LogP contribution in [0, 0.1) is 0 Å². The Hall–Kier alpha value is -4.02. The van der Waals surface area contributed by atoms with E-state index in [1.54, 1.807) is 0 Å². The van der Waals surface area contributed by atoms with Crippen molar-refractivity contribution in [1.82, 2.24) is 20.4 Å². The van der Waals surface area contributed by atoms with Gasteiger partial charge in [0.05, 0.1) is 6.10 Å². The summed E-state index contributed by atoms with van der Waals surface area (Å²) in [5.41, 5.74) is 3.01. The Morgan fingerprint density at radius 2 is 1.78 bits per heavy atom. The third-order valence-electron chi connectivity index (χ3n) is 6.16. The predicted molar refractivity (Wildman–Crippen MR) is 130 cm³/mol. The van der Waals surface area contributed by atoms with Gasteiger partial charge in [0.15, 0.2) is 11.8 Å². The molecule has 1 aliphatic rings. The molecule has 2 aromatic carbocycles. The number of aliphatic hydroxyl groups is 2. The van der Waals surface area contributed by atoms with E-state index in [9.17, 15) is 24.6 Å². The van der Waals surface area contributed by atoms with Crippen molar-refractivity contribution in [3.8, 4) is 11.1 Å². The lowest BCUT2D eigenvalue weighted by atomic mass is 9.97. The number of likely N-dealkylation sites (tertiary alicyclic amines) is 1. The molecule has 4 rings (SSSR count). The van der Waals surface area contributed by atoms with Crippen LogP contribution in [0.5, 0.6) is 0 Å². The molecule has 0 spiro atoms. The van der Waals surface area contributed by atoms with Gasteiger partial charge in [0.2, 0.25) is 0 Å². The zero-order chi connectivity index (χ0) is 25.7. The summed E-state index contributed by atoms with van der Waals surface area (Å²) in [6.07, 6.45) is -1.65. The molecule has 10 nitrogen and oxygen atoms in total. The standard InChI is InChI=1S/C26H28N4O6/c31-20-10-11-30(15-20)25(34)22-14-21(28-29-22)24(33)27-19(13-23(32)26(35)36)12-16-6-8-18(9-7-16)17-4-2-1-3-5-17/h1-9,14,19-20,23,31-32H,10-13,15H2,(H,27,33)(H,28,29)(H,35,36)/t19?,20?,23-/m1/s1. The summed E-state index contributed by atoms with van der Waals surface area (Å²) in [7, 11) is 0. The molecule has 10 heteroatoms. The maximum absolute atomic E-state index is 12.9. The highest BCUT2D eigenvalue weighted by Gasteiger charge is 2.28. The molecule has 36 heavy (non-hydrogen) atoms. The second kappa shape index (κ2) is 11.1. The number of aliphatic hydroxyl groups excluding tert-OH is 2. The Balaban J connectivity index is 1.44. The number of H-pyrrole nitrogens is 1. The minimum absolute atomic E-state index is 0.0349. The van der Waals surface area contributed by atoms with Gasteiger partial charge in [-0.15, -0.1) is 0 Å². The lowest BCUT2D eigenvalue weighted by Gasteiger charge is -2.20. The third kappa shape index (κ3) is 6.15. The van der Waals surface area contributed by atoms with Crippen LogP contribution in [0.1, 0.15) is 39.4 Å². The Kier molecular flexibility index (Phi) is 7.77. The van der Waals surface area contributed by atoms with Crippen LogP contribution in [0.15, 0.2) is 60.7 Å². The van der Waals surface area contributed by atoms with Crippen LogP contribution < -0.4 is 5.32 Å². The zero-order valence-electron chi connectivity index (χ0n) is 19.5. The molecule has 188 valence electrons. The van der Waals surface area contributed by atoms with Gasteiger partial charge in [0.25, 0.3) is 11.8 Å². The van der Waals surface area contributed by atoms with Gasteiger partial charge in [0, 0.05) is 31.6 Å². The van der Waals surface area contributed by atoms with Crippen LogP contribution in [0.4, 0.5) is 0 Å². The van der Waals surface area contributed by atoms with Crippen LogP contribution in [-0.4, -0.2) is 79.5 Å². The molecule has 2 unspecified atom stereocenters. The maximum atomic E-state index is 12.9. The number of carbonyl (C=O) groups is 3. The molecule has 1 fully saturated rings. The number of benzene rings is 2. The molecule has 2 heterocycles. The van der Waals surface area contributed by atoms with Gasteiger partial charge < -0.3 is 25.5 Å². The van der Waals surface area contributed by atoms with E-state index in [0.29, 0.717) is 13.0 Å². The molecule has 0 bridgehead atoms. The van der Waals surface area contributed by atoms with Crippen LogP contribution in [0.25, 0.3) is 11.1 Å². The summed E-state index contributed by atoms with van der Waals surface area (Å²) in [6, 6.07) is 18.1. The normalized spacial score (nSPS) is 16.9. The monoisotopic (exact) mass is 492 g/mol. The largest absolute Gasteiger partial charge is 0.479 e. The van der Waals surface area contributed by atoms with Crippen molar-refractivity contribution in [2.75, 3.05) is 13.1 Å². The molecular formula is C26H28N4O6. The molecule has 5 N–H and O–H groups in total. The van der Waals surface area contributed by atoms with E-state index in [1.807, 2.05) is 54.6 Å². The van der Waals surface area contributed by atoms with Gasteiger partial charge in [0.1, 0.15) is 5.69 Å². The molecule has 1 aliphatic heterocycles. The van der Waals surface area contributed by atoms with E-state index in [2.05, 4.69) is 15.5 Å². The number of hydrogen-bond donors (Lipinski definition) is 5. The number of carboxylic acids is 1. The smallest absolute Gasteiger partial charge is 0.332 e. The summed E-state index contributed by atoms with van der Waals surface area (Å²) in [5.74, 6) is -2.35. The average molecular weight is 493 g/mol. The van der Waals surface area contributed by atoms with Crippen molar-refractivity contribution >= 4 is 17.8 Å². The first-order valence-electron chi connectivity index (χ1n) is 11.7. The highest BCUT2D eigenvalue weighted by atomic mass is 16.4. The van der Waals surface area contributed by atoms with Crippen molar-refractivity contribution in [3.05, 3.63) is 77.6 Å². The highest BCUT2D eigenvalue weighted by Crippen LogP contribution is 2.20. The molecular weight excluding hydrogens is 464 g/mol. The number of carbonyl (C=O) groups excluding carboxylic acids is 2. The lowest BCUT2D eigenvalue weighted by molar-refractivity contribution is -0.147. The fraction of sp³-hybridized carbons (Fsp3) is 0.308. The number of β-amino-alcohol motifs (C(OH)–C–C–N with tert-alkyl or cyclic N) is 1.